The van der Waals surface area contributed by atoms with Crippen LogP contribution in [-0.2, 0) is 11.2 Å². The van der Waals surface area contributed by atoms with Gasteiger partial charge in [-0.25, -0.2) is 0 Å². The molecule has 4 nitrogen and oxygen atoms in total. The number of amides is 1. The Balaban J connectivity index is 1.92. The van der Waals surface area contributed by atoms with Crippen LogP contribution >= 0.6 is 0 Å². The first-order chi connectivity index (χ1) is 7.79. The number of anilines is 2. The molecule has 0 saturated carbocycles. The van der Waals surface area contributed by atoms with Crippen molar-refractivity contribution in [3.8, 4) is 0 Å². The highest BCUT2D eigenvalue weighted by Gasteiger charge is 2.17. The second-order valence-electron chi connectivity index (χ2n) is 3.95. The first kappa shape index (κ1) is 11.0. The third-order valence-corrected chi connectivity index (χ3v) is 2.64. The number of benzene rings is 1. The van der Waals surface area contributed by atoms with Gasteiger partial charge in [0.2, 0.25) is 5.91 Å². The van der Waals surface area contributed by atoms with Crippen LogP contribution < -0.4 is 10.6 Å². The van der Waals surface area contributed by atoms with Crippen molar-refractivity contribution in [2.24, 2.45) is 0 Å². The van der Waals surface area contributed by atoms with Gasteiger partial charge in [-0.15, -0.1) is 0 Å². The summed E-state index contributed by atoms with van der Waals surface area (Å²) in [6, 6.07) is 5.89. The van der Waals surface area contributed by atoms with E-state index in [1.165, 1.54) is 0 Å². The van der Waals surface area contributed by atoms with Crippen molar-refractivity contribution >= 4 is 17.3 Å². The van der Waals surface area contributed by atoms with Crippen molar-refractivity contribution < 1.29 is 9.90 Å². The molecule has 0 unspecified atom stereocenters. The minimum Gasteiger partial charge on any atom is -0.396 e. The Bertz CT molecular complexity index is 391. The van der Waals surface area contributed by atoms with Gasteiger partial charge in [0.25, 0.3) is 0 Å². The number of aliphatic hydroxyl groups is 1. The fraction of sp³-hybridized carbons (Fsp3) is 0.417. The summed E-state index contributed by atoms with van der Waals surface area (Å²) in [4.78, 5) is 11.2. The van der Waals surface area contributed by atoms with Gasteiger partial charge in [0, 0.05) is 24.5 Å². The van der Waals surface area contributed by atoms with E-state index in [0.29, 0.717) is 6.42 Å². The lowest BCUT2D eigenvalue weighted by molar-refractivity contribution is -0.115. The topological polar surface area (TPSA) is 61.4 Å². The fourth-order valence-corrected chi connectivity index (χ4v) is 1.81. The summed E-state index contributed by atoms with van der Waals surface area (Å²) < 4.78 is 0. The summed E-state index contributed by atoms with van der Waals surface area (Å²) in [5, 5.41) is 14.7. The number of aliphatic hydroxyl groups excluding tert-OH is 1. The molecule has 1 aromatic rings. The van der Waals surface area contributed by atoms with Crippen molar-refractivity contribution in [3.05, 3.63) is 23.8 Å². The minimum atomic E-state index is 0.0624. The predicted octanol–water partition coefficient (Wildman–Crippen LogP) is 1.37. The maximum absolute atomic E-state index is 11.2. The number of carbonyl (C=O) groups excluding carboxylic acids is 1. The van der Waals surface area contributed by atoms with Crippen LogP contribution in [0.1, 0.15) is 18.4 Å². The molecule has 0 atom stereocenters. The van der Waals surface area contributed by atoms with Crippen LogP contribution in [0.3, 0.4) is 0 Å². The molecule has 0 radical (unpaired) electrons. The Morgan fingerprint density at radius 1 is 1.38 bits per heavy atom. The largest absolute Gasteiger partial charge is 0.396 e. The van der Waals surface area contributed by atoms with E-state index in [1.807, 2.05) is 18.2 Å². The van der Waals surface area contributed by atoms with Crippen molar-refractivity contribution in [2.75, 3.05) is 23.8 Å². The van der Waals surface area contributed by atoms with Crippen LogP contribution in [0.5, 0.6) is 0 Å². The molecule has 0 saturated heterocycles. The Labute approximate surface area is 94.7 Å². The number of nitrogens with one attached hydrogen (secondary N) is 2. The number of fused-ring (bicyclic) bond motifs is 1. The Kier molecular flexibility index (Phi) is 3.41. The Morgan fingerprint density at radius 3 is 3.06 bits per heavy atom. The quantitative estimate of drug-likeness (QED) is 0.657. The number of hydrogen-bond donors (Lipinski definition) is 3. The number of unbranched alkanes of at least 4 members (excludes halogenated alkanes) is 1. The third kappa shape index (κ3) is 2.52. The lowest BCUT2D eigenvalue weighted by Crippen LogP contribution is -2.03. The van der Waals surface area contributed by atoms with E-state index in [-0.39, 0.29) is 12.5 Å². The van der Waals surface area contributed by atoms with E-state index >= 15 is 0 Å². The van der Waals surface area contributed by atoms with Gasteiger partial charge in [-0.3, -0.25) is 4.79 Å². The highest BCUT2D eigenvalue weighted by molar-refractivity contribution is 5.99. The van der Waals surface area contributed by atoms with Crippen molar-refractivity contribution in [1.29, 1.82) is 0 Å². The number of rotatable bonds is 5. The normalized spacial score (nSPS) is 13.4. The molecule has 1 amide bonds. The number of carbonyl (C=O) groups is 1. The van der Waals surface area contributed by atoms with Gasteiger partial charge in [-0.05, 0) is 36.6 Å². The van der Waals surface area contributed by atoms with Crippen LogP contribution in [0.4, 0.5) is 11.4 Å². The monoisotopic (exact) mass is 220 g/mol. The average molecular weight is 220 g/mol. The van der Waals surface area contributed by atoms with Gasteiger partial charge in [0.05, 0.1) is 6.42 Å². The molecule has 1 aliphatic rings. The molecule has 1 aromatic carbocycles. The summed E-state index contributed by atoms with van der Waals surface area (Å²) in [7, 11) is 0. The Morgan fingerprint density at radius 2 is 2.25 bits per heavy atom. The van der Waals surface area contributed by atoms with Gasteiger partial charge in [0.15, 0.2) is 0 Å². The van der Waals surface area contributed by atoms with Gasteiger partial charge in [-0.2, -0.15) is 0 Å². The molecule has 1 aliphatic heterocycles. The molecule has 0 spiro atoms. The first-order valence-corrected chi connectivity index (χ1v) is 5.57. The van der Waals surface area contributed by atoms with Crippen LogP contribution in [0, 0.1) is 0 Å². The third-order valence-electron chi connectivity index (χ3n) is 2.64. The van der Waals surface area contributed by atoms with E-state index in [4.69, 9.17) is 5.11 Å². The molecule has 0 bridgehead atoms. The zero-order chi connectivity index (χ0) is 11.4. The van der Waals surface area contributed by atoms with Crippen molar-refractivity contribution in [1.82, 2.24) is 0 Å². The summed E-state index contributed by atoms with van der Waals surface area (Å²) >= 11 is 0. The molecule has 0 aromatic heterocycles. The molecular formula is C12H16N2O2. The highest BCUT2D eigenvalue weighted by Crippen LogP contribution is 2.25. The summed E-state index contributed by atoms with van der Waals surface area (Å²) in [5.74, 6) is 0.0624. The SMILES string of the molecule is O=C1Cc2cc(NCCCCO)ccc2N1. The minimum absolute atomic E-state index is 0.0624. The highest BCUT2D eigenvalue weighted by atomic mass is 16.2. The molecular weight excluding hydrogens is 204 g/mol. The van der Waals surface area contributed by atoms with Crippen LogP contribution in [0.15, 0.2) is 18.2 Å². The predicted molar refractivity (Wildman–Crippen MR) is 63.6 cm³/mol. The van der Waals surface area contributed by atoms with E-state index < -0.39 is 0 Å². The summed E-state index contributed by atoms with van der Waals surface area (Å²) in [6.07, 6.45) is 2.24. The molecule has 16 heavy (non-hydrogen) atoms. The lowest BCUT2D eigenvalue weighted by atomic mass is 10.1. The molecule has 4 heteroatoms. The van der Waals surface area contributed by atoms with Gasteiger partial charge in [0.1, 0.15) is 0 Å². The summed E-state index contributed by atoms with van der Waals surface area (Å²) in [5.41, 5.74) is 3.01. The van der Waals surface area contributed by atoms with Crippen LogP contribution in [0.2, 0.25) is 0 Å². The molecule has 1 heterocycles. The standard InChI is InChI=1S/C12H16N2O2/c15-6-2-1-5-13-10-3-4-11-9(7-10)8-12(16)14-11/h3-4,7,13,15H,1-2,5-6,8H2,(H,14,16). The smallest absolute Gasteiger partial charge is 0.228 e. The van der Waals surface area contributed by atoms with E-state index in [9.17, 15) is 4.79 Å². The van der Waals surface area contributed by atoms with Crippen molar-refractivity contribution in [2.45, 2.75) is 19.3 Å². The van der Waals surface area contributed by atoms with Gasteiger partial charge < -0.3 is 15.7 Å². The molecule has 0 aliphatic carbocycles. The summed E-state index contributed by atoms with van der Waals surface area (Å²) in [6.45, 7) is 1.09. The fourth-order valence-electron chi connectivity index (χ4n) is 1.81. The second kappa shape index (κ2) is 4.99. The van der Waals surface area contributed by atoms with E-state index in [2.05, 4.69) is 10.6 Å². The zero-order valence-corrected chi connectivity index (χ0v) is 9.12. The van der Waals surface area contributed by atoms with E-state index in [1.54, 1.807) is 0 Å². The Hall–Kier alpha value is -1.55. The second-order valence-corrected chi connectivity index (χ2v) is 3.95. The van der Waals surface area contributed by atoms with Crippen LogP contribution in [-0.4, -0.2) is 24.2 Å². The molecule has 2 rings (SSSR count). The molecule has 3 N–H and O–H groups in total. The van der Waals surface area contributed by atoms with Crippen LogP contribution in [0.25, 0.3) is 0 Å². The average Bonchev–Trinajstić information content (AvgIpc) is 2.64. The maximum Gasteiger partial charge on any atom is 0.228 e. The van der Waals surface area contributed by atoms with Gasteiger partial charge in [-0.1, -0.05) is 0 Å². The molecule has 86 valence electrons. The van der Waals surface area contributed by atoms with Gasteiger partial charge >= 0.3 is 0 Å². The lowest BCUT2D eigenvalue weighted by Gasteiger charge is -2.07. The molecule has 0 fully saturated rings. The number of hydrogen-bond acceptors (Lipinski definition) is 3. The zero-order valence-electron chi connectivity index (χ0n) is 9.12. The maximum atomic E-state index is 11.2. The van der Waals surface area contributed by atoms with Crippen molar-refractivity contribution in [3.63, 3.8) is 0 Å². The first-order valence-electron chi connectivity index (χ1n) is 5.57. The van der Waals surface area contributed by atoms with E-state index in [0.717, 1.165) is 36.3 Å².